The summed E-state index contributed by atoms with van der Waals surface area (Å²) in [7, 11) is -3.41. The van der Waals surface area contributed by atoms with Crippen molar-refractivity contribution in [3.05, 3.63) is 53.3 Å². The van der Waals surface area contributed by atoms with Gasteiger partial charge in [-0.2, -0.15) is 0 Å². The number of benzene rings is 2. The molecule has 1 aliphatic rings. The number of ether oxygens (including phenoxy) is 1. The van der Waals surface area contributed by atoms with Crippen molar-refractivity contribution in [3.63, 3.8) is 0 Å². The molecule has 0 saturated heterocycles. The molecule has 2 aromatic rings. The molecule has 0 atom stereocenters. The minimum Gasteiger partial charge on any atom is -0.455 e. The van der Waals surface area contributed by atoms with Crippen LogP contribution in [0, 0.1) is 5.82 Å². The van der Waals surface area contributed by atoms with Crippen LogP contribution < -0.4 is 9.46 Å². The Morgan fingerprint density at radius 1 is 1.09 bits per heavy atom. The van der Waals surface area contributed by atoms with E-state index in [4.69, 9.17) is 4.74 Å². The highest BCUT2D eigenvalue weighted by Gasteiger charge is 2.18. The first-order valence-electron chi connectivity index (χ1n) is 6.98. The van der Waals surface area contributed by atoms with E-state index in [-0.39, 0.29) is 5.82 Å². The Labute approximate surface area is 129 Å². The normalized spacial score (nSPS) is 13.7. The predicted molar refractivity (Wildman–Crippen MR) is 83.4 cm³/mol. The van der Waals surface area contributed by atoms with Crippen LogP contribution in [0.3, 0.4) is 0 Å². The minimum atomic E-state index is -3.41. The molecular formula is C16H16FNO3S. The predicted octanol–water partition coefficient (Wildman–Crippen LogP) is 3.48. The Bertz CT molecular complexity index is 801. The van der Waals surface area contributed by atoms with Gasteiger partial charge in [-0.1, -0.05) is 0 Å². The Morgan fingerprint density at radius 3 is 2.36 bits per heavy atom. The van der Waals surface area contributed by atoms with Crippen LogP contribution in [0.2, 0.25) is 0 Å². The zero-order chi connectivity index (χ0) is 15.7. The summed E-state index contributed by atoms with van der Waals surface area (Å²) in [6.45, 7) is 0. The van der Waals surface area contributed by atoms with Crippen LogP contribution in [0.4, 0.5) is 10.1 Å². The average Bonchev–Trinajstić information content (AvgIpc) is 2.87. The molecule has 1 aliphatic carbocycles. The number of nitrogens with one attached hydrogen (secondary N) is 1. The van der Waals surface area contributed by atoms with Crippen molar-refractivity contribution in [1.29, 1.82) is 0 Å². The zero-order valence-electron chi connectivity index (χ0n) is 12.1. The van der Waals surface area contributed by atoms with Crippen LogP contribution in [-0.4, -0.2) is 14.7 Å². The summed E-state index contributed by atoms with van der Waals surface area (Å²) in [6, 6.07) is 9.29. The second-order valence-corrected chi connectivity index (χ2v) is 7.15. The Morgan fingerprint density at radius 2 is 1.73 bits per heavy atom. The maximum atomic E-state index is 13.0. The fourth-order valence-corrected chi connectivity index (χ4v) is 3.15. The lowest BCUT2D eigenvalue weighted by Gasteiger charge is -2.14. The van der Waals surface area contributed by atoms with E-state index in [9.17, 15) is 12.8 Å². The highest BCUT2D eigenvalue weighted by molar-refractivity contribution is 7.92. The number of hydrogen-bond acceptors (Lipinski definition) is 3. The van der Waals surface area contributed by atoms with Crippen LogP contribution in [0.25, 0.3) is 0 Å². The van der Waals surface area contributed by atoms with Gasteiger partial charge in [0, 0.05) is 0 Å². The summed E-state index contributed by atoms with van der Waals surface area (Å²) in [5, 5.41) is 0. The average molecular weight is 321 g/mol. The van der Waals surface area contributed by atoms with E-state index < -0.39 is 10.0 Å². The second kappa shape index (κ2) is 5.61. The fraction of sp³-hybridized carbons (Fsp3) is 0.250. The van der Waals surface area contributed by atoms with Crippen molar-refractivity contribution in [3.8, 4) is 11.5 Å². The molecule has 2 aromatic carbocycles. The van der Waals surface area contributed by atoms with Gasteiger partial charge >= 0.3 is 0 Å². The monoisotopic (exact) mass is 321 g/mol. The summed E-state index contributed by atoms with van der Waals surface area (Å²) in [6.07, 6.45) is 4.04. The van der Waals surface area contributed by atoms with Crippen LogP contribution in [0.5, 0.6) is 11.5 Å². The van der Waals surface area contributed by atoms with Gasteiger partial charge in [-0.3, -0.25) is 4.72 Å². The molecule has 0 spiro atoms. The van der Waals surface area contributed by atoms with E-state index in [1.807, 2.05) is 12.1 Å². The molecule has 0 bridgehead atoms. The Balaban J connectivity index is 1.99. The van der Waals surface area contributed by atoms with Gasteiger partial charge in [-0.25, -0.2) is 12.8 Å². The molecule has 0 aromatic heterocycles. The molecule has 0 unspecified atom stereocenters. The van der Waals surface area contributed by atoms with Crippen molar-refractivity contribution in [1.82, 2.24) is 0 Å². The first-order valence-corrected chi connectivity index (χ1v) is 8.87. The lowest BCUT2D eigenvalue weighted by atomic mass is 10.1. The van der Waals surface area contributed by atoms with Gasteiger partial charge in [0.2, 0.25) is 10.0 Å². The summed E-state index contributed by atoms with van der Waals surface area (Å²) in [5.41, 5.74) is 2.71. The second-order valence-electron chi connectivity index (χ2n) is 5.40. The molecule has 1 N–H and O–H groups in total. The fourth-order valence-electron chi connectivity index (χ4n) is 2.60. The maximum Gasteiger partial charge on any atom is 0.229 e. The van der Waals surface area contributed by atoms with Crippen molar-refractivity contribution in [2.45, 2.75) is 19.3 Å². The number of anilines is 1. The van der Waals surface area contributed by atoms with Gasteiger partial charge in [0.15, 0.2) is 5.75 Å². The lowest BCUT2D eigenvalue weighted by molar-refractivity contribution is 0.482. The van der Waals surface area contributed by atoms with Gasteiger partial charge in [-0.15, -0.1) is 0 Å². The largest absolute Gasteiger partial charge is 0.455 e. The summed E-state index contributed by atoms with van der Waals surface area (Å²) >= 11 is 0. The molecular weight excluding hydrogens is 305 g/mol. The third-order valence-electron chi connectivity index (χ3n) is 3.53. The van der Waals surface area contributed by atoms with E-state index >= 15 is 0 Å². The molecule has 0 radical (unpaired) electrons. The molecule has 6 heteroatoms. The van der Waals surface area contributed by atoms with Crippen LogP contribution in [-0.2, 0) is 22.9 Å². The molecule has 22 heavy (non-hydrogen) atoms. The number of hydrogen-bond donors (Lipinski definition) is 1. The molecule has 0 saturated carbocycles. The highest BCUT2D eigenvalue weighted by Crippen LogP contribution is 2.36. The van der Waals surface area contributed by atoms with Gasteiger partial charge < -0.3 is 4.74 Å². The molecule has 3 rings (SSSR count). The molecule has 0 heterocycles. The van der Waals surface area contributed by atoms with Crippen LogP contribution >= 0.6 is 0 Å². The van der Waals surface area contributed by atoms with Gasteiger partial charge in [-0.05, 0) is 66.8 Å². The van der Waals surface area contributed by atoms with Crippen LogP contribution in [0.1, 0.15) is 17.5 Å². The van der Waals surface area contributed by atoms with Crippen molar-refractivity contribution in [2.24, 2.45) is 0 Å². The molecule has 0 amide bonds. The summed E-state index contributed by atoms with van der Waals surface area (Å²) < 4.78 is 44.3. The zero-order valence-corrected chi connectivity index (χ0v) is 12.9. The van der Waals surface area contributed by atoms with E-state index in [1.54, 1.807) is 0 Å². The van der Waals surface area contributed by atoms with E-state index in [2.05, 4.69) is 4.72 Å². The van der Waals surface area contributed by atoms with E-state index in [0.29, 0.717) is 17.2 Å². The van der Waals surface area contributed by atoms with Crippen LogP contribution in [0.15, 0.2) is 36.4 Å². The third kappa shape index (κ3) is 3.39. The smallest absolute Gasteiger partial charge is 0.229 e. The minimum absolute atomic E-state index is 0.351. The standard InChI is InChI=1S/C16H16FNO3S/c1-22(19,20)18-15-9-11-3-2-4-12(11)10-16(15)21-14-7-5-13(17)6-8-14/h5-10,18H,2-4H2,1H3. The SMILES string of the molecule is CS(=O)(=O)Nc1cc2c(cc1Oc1ccc(F)cc1)CCC2. The first kappa shape index (κ1) is 14.8. The maximum absolute atomic E-state index is 13.0. The number of halogens is 1. The summed E-state index contributed by atoms with van der Waals surface area (Å²) in [5.74, 6) is 0.532. The topological polar surface area (TPSA) is 55.4 Å². The van der Waals surface area contributed by atoms with E-state index in [0.717, 1.165) is 36.6 Å². The summed E-state index contributed by atoms with van der Waals surface area (Å²) in [4.78, 5) is 0. The lowest BCUT2D eigenvalue weighted by Crippen LogP contribution is -2.11. The highest BCUT2D eigenvalue weighted by atomic mass is 32.2. The Kier molecular flexibility index (Phi) is 3.78. The van der Waals surface area contributed by atoms with Crippen molar-refractivity contribution in [2.75, 3.05) is 11.0 Å². The third-order valence-corrected chi connectivity index (χ3v) is 4.12. The first-order chi connectivity index (χ1) is 10.4. The van der Waals surface area contributed by atoms with Crippen molar-refractivity contribution < 1.29 is 17.5 Å². The van der Waals surface area contributed by atoms with Gasteiger partial charge in [0.05, 0.1) is 11.9 Å². The quantitative estimate of drug-likeness (QED) is 0.938. The van der Waals surface area contributed by atoms with E-state index in [1.165, 1.54) is 24.3 Å². The van der Waals surface area contributed by atoms with Gasteiger partial charge in [0.1, 0.15) is 11.6 Å². The van der Waals surface area contributed by atoms with Gasteiger partial charge in [0.25, 0.3) is 0 Å². The molecule has 4 nitrogen and oxygen atoms in total. The molecule has 116 valence electrons. The number of sulfonamides is 1. The molecule has 0 aliphatic heterocycles. The Hall–Kier alpha value is -2.08. The number of aryl methyl sites for hydroxylation is 2. The van der Waals surface area contributed by atoms with Crippen molar-refractivity contribution >= 4 is 15.7 Å². The number of fused-ring (bicyclic) bond motifs is 1. The molecule has 0 fully saturated rings. The number of rotatable bonds is 4.